The van der Waals surface area contributed by atoms with E-state index in [1.807, 2.05) is 0 Å². The molecule has 0 rings (SSSR count). The molecule has 54 valence electrons. The van der Waals surface area contributed by atoms with Crippen molar-refractivity contribution >= 4 is 11.6 Å². The summed E-state index contributed by atoms with van der Waals surface area (Å²) < 4.78 is 0. The lowest BCUT2D eigenvalue weighted by molar-refractivity contribution is 0.956. The van der Waals surface area contributed by atoms with Crippen LogP contribution in [0.4, 0.5) is 0 Å². The van der Waals surface area contributed by atoms with Crippen molar-refractivity contribution in [1.29, 1.82) is 0 Å². The Morgan fingerprint density at radius 2 is 1.89 bits per heavy atom. The van der Waals surface area contributed by atoms with Crippen molar-refractivity contribution in [1.82, 2.24) is 0 Å². The SMILES string of the molecule is CCC(=CCCCl)CC. The normalized spacial score (nSPS) is 9.22. The first-order chi connectivity index (χ1) is 4.35. The van der Waals surface area contributed by atoms with Gasteiger partial charge in [0.1, 0.15) is 0 Å². The minimum absolute atomic E-state index is 0.753. The average molecular weight is 147 g/mol. The second-order valence-corrected chi connectivity index (χ2v) is 2.43. The molecule has 0 fully saturated rings. The summed E-state index contributed by atoms with van der Waals surface area (Å²) in [4.78, 5) is 0. The second-order valence-electron chi connectivity index (χ2n) is 2.05. The van der Waals surface area contributed by atoms with Crippen molar-refractivity contribution in [2.45, 2.75) is 33.1 Å². The van der Waals surface area contributed by atoms with E-state index in [0.29, 0.717) is 0 Å². The average Bonchev–Trinajstić information content (AvgIpc) is 1.91. The van der Waals surface area contributed by atoms with E-state index in [0.717, 1.165) is 12.3 Å². The summed E-state index contributed by atoms with van der Waals surface area (Å²) in [6, 6.07) is 0. The van der Waals surface area contributed by atoms with Crippen molar-refractivity contribution in [3.63, 3.8) is 0 Å². The first kappa shape index (κ1) is 9.03. The van der Waals surface area contributed by atoms with Crippen LogP contribution >= 0.6 is 11.6 Å². The summed E-state index contributed by atoms with van der Waals surface area (Å²) in [7, 11) is 0. The highest BCUT2D eigenvalue weighted by Crippen LogP contribution is 2.06. The molecule has 0 nitrogen and oxygen atoms in total. The van der Waals surface area contributed by atoms with Gasteiger partial charge in [-0.3, -0.25) is 0 Å². The highest BCUT2D eigenvalue weighted by atomic mass is 35.5. The highest BCUT2D eigenvalue weighted by molar-refractivity contribution is 6.17. The molecule has 0 radical (unpaired) electrons. The van der Waals surface area contributed by atoms with E-state index in [9.17, 15) is 0 Å². The maximum absolute atomic E-state index is 5.51. The number of hydrogen-bond acceptors (Lipinski definition) is 0. The quantitative estimate of drug-likeness (QED) is 0.422. The summed E-state index contributed by atoms with van der Waals surface area (Å²) in [6.45, 7) is 4.37. The van der Waals surface area contributed by atoms with Crippen molar-refractivity contribution < 1.29 is 0 Å². The molecule has 0 aromatic rings. The van der Waals surface area contributed by atoms with Gasteiger partial charge in [-0.05, 0) is 19.3 Å². The maximum Gasteiger partial charge on any atom is 0.0258 e. The van der Waals surface area contributed by atoms with Crippen LogP contribution in [0.5, 0.6) is 0 Å². The molecule has 0 aliphatic heterocycles. The predicted octanol–water partition coefficient (Wildman–Crippen LogP) is 3.36. The second kappa shape index (κ2) is 6.15. The van der Waals surface area contributed by atoms with Gasteiger partial charge in [0.15, 0.2) is 0 Å². The third kappa shape index (κ3) is 4.53. The summed E-state index contributed by atoms with van der Waals surface area (Å²) in [5.41, 5.74) is 1.52. The van der Waals surface area contributed by atoms with Crippen LogP contribution in [-0.2, 0) is 0 Å². The third-order valence-electron chi connectivity index (χ3n) is 1.45. The molecule has 0 aromatic carbocycles. The van der Waals surface area contributed by atoms with Gasteiger partial charge in [-0.1, -0.05) is 25.5 Å². The van der Waals surface area contributed by atoms with Crippen LogP contribution in [0.3, 0.4) is 0 Å². The van der Waals surface area contributed by atoms with E-state index in [-0.39, 0.29) is 0 Å². The molecule has 0 saturated heterocycles. The monoisotopic (exact) mass is 146 g/mol. The number of halogens is 1. The Kier molecular flexibility index (Phi) is 6.18. The van der Waals surface area contributed by atoms with Gasteiger partial charge in [0.25, 0.3) is 0 Å². The van der Waals surface area contributed by atoms with Gasteiger partial charge in [-0.15, -0.1) is 11.6 Å². The van der Waals surface area contributed by atoms with Crippen LogP contribution in [0, 0.1) is 0 Å². The van der Waals surface area contributed by atoms with Crippen molar-refractivity contribution in [3.8, 4) is 0 Å². The lowest BCUT2D eigenvalue weighted by Crippen LogP contribution is -1.78. The van der Waals surface area contributed by atoms with Crippen LogP contribution in [0.2, 0.25) is 0 Å². The van der Waals surface area contributed by atoms with Gasteiger partial charge >= 0.3 is 0 Å². The fraction of sp³-hybridized carbons (Fsp3) is 0.750. The molecule has 0 saturated carbocycles. The Bertz CT molecular complexity index is 78.6. The van der Waals surface area contributed by atoms with E-state index in [1.165, 1.54) is 18.4 Å². The zero-order valence-electron chi connectivity index (χ0n) is 6.28. The Morgan fingerprint density at radius 3 is 2.22 bits per heavy atom. The van der Waals surface area contributed by atoms with Gasteiger partial charge in [-0.25, -0.2) is 0 Å². The number of hydrogen-bond donors (Lipinski definition) is 0. The van der Waals surface area contributed by atoms with Gasteiger partial charge in [0.2, 0.25) is 0 Å². The Balaban J connectivity index is 3.48. The van der Waals surface area contributed by atoms with Crippen LogP contribution in [0.15, 0.2) is 11.6 Å². The number of rotatable bonds is 4. The first-order valence-corrected chi connectivity index (χ1v) is 4.12. The maximum atomic E-state index is 5.51. The summed E-state index contributed by atoms with van der Waals surface area (Å²) >= 11 is 5.51. The molecule has 0 aromatic heterocycles. The van der Waals surface area contributed by atoms with E-state index in [1.54, 1.807) is 0 Å². The standard InChI is InChI=1S/C8H15Cl/c1-3-8(4-2)6-5-7-9/h6H,3-5,7H2,1-2H3. The lowest BCUT2D eigenvalue weighted by atomic mass is 10.1. The van der Waals surface area contributed by atoms with Crippen LogP contribution in [0.25, 0.3) is 0 Å². The fourth-order valence-electron chi connectivity index (χ4n) is 0.797. The molecule has 9 heavy (non-hydrogen) atoms. The van der Waals surface area contributed by atoms with Crippen molar-refractivity contribution in [3.05, 3.63) is 11.6 Å². The minimum Gasteiger partial charge on any atom is -0.126 e. The van der Waals surface area contributed by atoms with E-state index in [2.05, 4.69) is 19.9 Å². The molecule has 0 unspecified atom stereocenters. The summed E-state index contributed by atoms with van der Waals surface area (Å²) in [5, 5.41) is 0. The molecular weight excluding hydrogens is 132 g/mol. The van der Waals surface area contributed by atoms with Crippen molar-refractivity contribution in [2.24, 2.45) is 0 Å². The van der Waals surface area contributed by atoms with Crippen LogP contribution in [-0.4, -0.2) is 5.88 Å². The first-order valence-electron chi connectivity index (χ1n) is 3.59. The van der Waals surface area contributed by atoms with Crippen LogP contribution in [0.1, 0.15) is 33.1 Å². The number of alkyl halides is 1. The third-order valence-corrected chi connectivity index (χ3v) is 1.67. The molecular formula is C8H15Cl. The largest absolute Gasteiger partial charge is 0.126 e. The molecule has 1 heteroatoms. The molecule has 0 bridgehead atoms. The molecule has 0 amide bonds. The van der Waals surface area contributed by atoms with Gasteiger partial charge < -0.3 is 0 Å². The number of allylic oxidation sites excluding steroid dienone is 2. The van der Waals surface area contributed by atoms with Crippen LogP contribution < -0.4 is 0 Å². The Labute approximate surface area is 62.9 Å². The predicted molar refractivity (Wildman–Crippen MR) is 44.0 cm³/mol. The Morgan fingerprint density at radius 1 is 1.33 bits per heavy atom. The van der Waals surface area contributed by atoms with E-state index in [4.69, 9.17) is 11.6 Å². The lowest BCUT2D eigenvalue weighted by Gasteiger charge is -1.96. The smallest absolute Gasteiger partial charge is 0.0258 e. The summed E-state index contributed by atoms with van der Waals surface area (Å²) in [6.07, 6.45) is 5.62. The summed E-state index contributed by atoms with van der Waals surface area (Å²) in [5.74, 6) is 0.753. The van der Waals surface area contributed by atoms with Gasteiger partial charge in [-0.2, -0.15) is 0 Å². The molecule has 0 aliphatic carbocycles. The zero-order valence-corrected chi connectivity index (χ0v) is 7.04. The Hall–Kier alpha value is 0.0300. The van der Waals surface area contributed by atoms with E-state index >= 15 is 0 Å². The molecule has 0 atom stereocenters. The fourth-order valence-corrected chi connectivity index (χ4v) is 0.906. The molecule has 0 aliphatic rings. The molecule has 0 N–H and O–H groups in total. The van der Waals surface area contributed by atoms with Gasteiger partial charge in [0, 0.05) is 5.88 Å². The zero-order chi connectivity index (χ0) is 7.11. The van der Waals surface area contributed by atoms with Crippen molar-refractivity contribution in [2.75, 3.05) is 5.88 Å². The molecule has 0 heterocycles. The topological polar surface area (TPSA) is 0 Å². The highest BCUT2D eigenvalue weighted by Gasteiger charge is 1.86. The minimum atomic E-state index is 0.753. The molecule has 0 spiro atoms. The van der Waals surface area contributed by atoms with Gasteiger partial charge in [0.05, 0.1) is 0 Å². The van der Waals surface area contributed by atoms with E-state index < -0.39 is 0 Å².